The largest absolute Gasteiger partial charge is 0.356 e. The molecule has 0 aliphatic carbocycles. The number of amides is 4. The summed E-state index contributed by atoms with van der Waals surface area (Å²) in [5, 5.41) is 5.29. The summed E-state index contributed by atoms with van der Waals surface area (Å²) in [4.78, 5) is 35.8. The van der Waals surface area contributed by atoms with E-state index >= 15 is 0 Å². The third kappa shape index (κ3) is 4.07. The summed E-state index contributed by atoms with van der Waals surface area (Å²) in [6.07, 6.45) is 0.897. The lowest BCUT2D eigenvalue weighted by atomic mass is 10.0. The van der Waals surface area contributed by atoms with E-state index in [0.29, 0.717) is 25.9 Å². The summed E-state index contributed by atoms with van der Waals surface area (Å²) >= 11 is 0. The Labute approximate surface area is 129 Å². The van der Waals surface area contributed by atoms with E-state index in [2.05, 4.69) is 10.6 Å². The molecule has 1 fully saturated rings. The first-order valence-corrected chi connectivity index (χ1v) is 7.38. The van der Waals surface area contributed by atoms with Crippen molar-refractivity contribution < 1.29 is 14.4 Å². The van der Waals surface area contributed by atoms with Gasteiger partial charge >= 0.3 is 6.03 Å². The van der Waals surface area contributed by atoms with Crippen LogP contribution in [0.5, 0.6) is 0 Å². The molecule has 1 aromatic rings. The fraction of sp³-hybridized carbons (Fsp3) is 0.438. The van der Waals surface area contributed by atoms with Crippen LogP contribution in [0.15, 0.2) is 18.2 Å². The van der Waals surface area contributed by atoms with Crippen LogP contribution in [0.4, 0.5) is 4.79 Å². The van der Waals surface area contributed by atoms with Gasteiger partial charge in [0, 0.05) is 13.1 Å². The van der Waals surface area contributed by atoms with Crippen LogP contribution in [0.1, 0.15) is 23.1 Å². The monoisotopic (exact) mass is 303 g/mol. The van der Waals surface area contributed by atoms with Crippen molar-refractivity contribution in [2.24, 2.45) is 0 Å². The maximum atomic E-state index is 11.9. The molecule has 118 valence electrons. The highest BCUT2D eigenvalue weighted by atomic mass is 16.2. The molecule has 22 heavy (non-hydrogen) atoms. The van der Waals surface area contributed by atoms with Gasteiger partial charge in [0.1, 0.15) is 0 Å². The van der Waals surface area contributed by atoms with Crippen LogP contribution in [-0.2, 0) is 16.0 Å². The van der Waals surface area contributed by atoms with Crippen LogP contribution in [0.2, 0.25) is 0 Å². The first-order chi connectivity index (χ1) is 10.5. The summed E-state index contributed by atoms with van der Waals surface area (Å²) in [5.74, 6) is -0.266. The molecule has 2 rings (SSSR count). The predicted molar refractivity (Wildman–Crippen MR) is 82.4 cm³/mol. The minimum absolute atomic E-state index is 0.0501. The number of carbonyl (C=O) groups is 3. The number of hydrogen-bond acceptors (Lipinski definition) is 3. The Bertz CT molecular complexity index is 582. The molecule has 6 heteroatoms. The number of urea groups is 1. The lowest BCUT2D eigenvalue weighted by Gasteiger charge is -2.12. The fourth-order valence-corrected chi connectivity index (χ4v) is 2.37. The van der Waals surface area contributed by atoms with E-state index in [9.17, 15) is 14.4 Å². The number of imide groups is 1. The van der Waals surface area contributed by atoms with E-state index < -0.39 is 0 Å². The van der Waals surface area contributed by atoms with E-state index in [1.165, 1.54) is 4.90 Å². The van der Waals surface area contributed by atoms with Gasteiger partial charge in [0.2, 0.25) is 11.8 Å². The van der Waals surface area contributed by atoms with Crippen molar-refractivity contribution in [2.75, 3.05) is 19.6 Å². The Hall–Kier alpha value is -2.37. The first-order valence-electron chi connectivity index (χ1n) is 7.38. The minimum Gasteiger partial charge on any atom is -0.356 e. The molecule has 1 heterocycles. The van der Waals surface area contributed by atoms with Crippen molar-refractivity contribution in [1.82, 2.24) is 15.5 Å². The highest BCUT2D eigenvalue weighted by Gasteiger charge is 2.27. The molecule has 0 radical (unpaired) electrons. The topological polar surface area (TPSA) is 78.5 Å². The van der Waals surface area contributed by atoms with Gasteiger partial charge in [-0.15, -0.1) is 0 Å². The van der Waals surface area contributed by atoms with Crippen LogP contribution in [0, 0.1) is 13.8 Å². The Balaban J connectivity index is 1.73. The normalized spacial score (nSPS) is 14.2. The van der Waals surface area contributed by atoms with E-state index in [1.807, 2.05) is 32.0 Å². The van der Waals surface area contributed by atoms with Gasteiger partial charge in [0.25, 0.3) is 0 Å². The van der Waals surface area contributed by atoms with Crippen LogP contribution < -0.4 is 10.6 Å². The zero-order valence-electron chi connectivity index (χ0n) is 12.9. The van der Waals surface area contributed by atoms with Gasteiger partial charge in [-0.3, -0.25) is 14.5 Å². The smallest absolute Gasteiger partial charge is 0.324 e. The molecule has 1 aliphatic heterocycles. The van der Waals surface area contributed by atoms with Crippen molar-refractivity contribution in [3.63, 3.8) is 0 Å². The number of nitrogens with zero attached hydrogens (tertiary/aromatic N) is 1. The van der Waals surface area contributed by atoms with Gasteiger partial charge in [0.05, 0.1) is 13.0 Å². The molecule has 2 N–H and O–H groups in total. The molecule has 0 saturated carbocycles. The Morgan fingerprint density at radius 3 is 2.77 bits per heavy atom. The Morgan fingerprint density at radius 1 is 1.32 bits per heavy atom. The van der Waals surface area contributed by atoms with Crippen molar-refractivity contribution in [3.05, 3.63) is 34.9 Å². The number of carbonyl (C=O) groups excluding carboxylic acids is 3. The van der Waals surface area contributed by atoms with Crippen LogP contribution in [0.3, 0.4) is 0 Å². The lowest BCUT2D eigenvalue weighted by molar-refractivity contribution is -0.125. The highest BCUT2D eigenvalue weighted by molar-refractivity contribution is 6.01. The van der Waals surface area contributed by atoms with Crippen molar-refractivity contribution in [1.29, 1.82) is 0 Å². The molecule has 0 atom stereocenters. The van der Waals surface area contributed by atoms with Crippen LogP contribution in [-0.4, -0.2) is 42.4 Å². The van der Waals surface area contributed by atoms with Gasteiger partial charge in [-0.2, -0.15) is 0 Å². The average molecular weight is 303 g/mol. The van der Waals surface area contributed by atoms with E-state index in [4.69, 9.17) is 0 Å². The van der Waals surface area contributed by atoms with Crippen molar-refractivity contribution >= 4 is 17.8 Å². The molecule has 1 saturated heterocycles. The standard InChI is InChI=1S/C16H21N3O3/c1-11-4-5-12(2)13(8-11)9-14(20)17-6-3-7-19-15(21)10-18-16(19)22/h4-5,8H,3,6-7,9-10H2,1-2H3,(H,17,20)(H,18,22). The molecule has 4 amide bonds. The average Bonchev–Trinajstić information content (AvgIpc) is 2.79. The molecule has 6 nitrogen and oxygen atoms in total. The summed E-state index contributed by atoms with van der Waals surface area (Å²) in [6.45, 7) is 4.83. The van der Waals surface area contributed by atoms with Crippen LogP contribution >= 0.6 is 0 Å². The molecule has 0 unspecified atom stereocenters. The fourth-order valence-electron chi connectivity index (χ4n) is 2.37. The van der Waals surface area contributed by atoms with E-state index in [1.54, 1.807) is 0 Å². The van der Waals surface area contributed by atoms with Gasteiger partial charge in [0.15, 0.2) is 0 Å². The number of rotatable bonds is 6. The SMILES string of the molecule is Cc1ccc(C)c(CC(=O)NCCCN2C(=O)CNC2=O)c1. The maximum absolute atomic E-state index is 11.9. The number of hydrogen-bond donors (Lipinski definition) is 2. The molecule has 1 aromatic carbocycles. The summed E-state index contributed by atoms with van der Waals surface area (Å²) in [5.41, 5.74) is 3.25. The summed E-state index contributed by atoms with van der Waals surface area (Å²) in [6, 6.07) is 5.69. The van der Waals surface area contributed by atoms with Gasteiger partial charge in [-0.25, -0.2) is 4.79 Å². The third-order valence-corrected chi connectivity index (χ3v) is 3.67. The summed E-state index contributed by atoms with van der Waals surface area (Å²) in [7, 11) is 0. The first kappa shape index (κ1) is 16.0. The second kappa shape index (κ2) is 7.06. The third-order valence-electron chi connectivity index (χ3n) is 3.67. The van der Waals surface area contributed by atoms with Gasteiger partial charge < -0.3 is 10.6 Å². The quantitative estimate of drug-likeness (QED) is 0.605. The summed E-state index contributed by atoms with van der Waals surface area (Å²) < 4.78 is 0. The highest BCUT2D eigenvalue weighted by Crippen LogP contribution is 2.11. The molecule has 0 bridgehead atoms. The van der Waals surface area contributed by atoms with E-state index in [-0.39, 0.29) is 24.4 Å². The molecule has 0 aromatic heterocycles. The molecular formula is C16H21N3O3. The maximum Gasteiger partial charge on any atom is 0.324 e. The van der Waals surface area contributed by atoms with Gasteiger partial charge in [-0.05, 0) is 31.4 Å². The zero-order chi connectivity index (χ0) is 16.1. The van der Waals surface area contributed by atoms with Crippen molar-refractivity contribution in [3.8, 4) is 0 Å². The minimum atomic E-state index is -0.355. The number of aryl methyl sites for hydroxylation is 2. The van der Waals surface area contributed by atoms with Crippen molar-refractivity contribution in [2.45, 2.75) is 26.7 Å². The molecule has 1 aliphatic rings. The molecule has 0 spiro atoms. The van der Waals surface area contributed by atoms with Gasteiger partial charge in [-0.1, -0.05) is 23.8 Å². The zero-order valence-corrected chi connectivity index (χ0v) is 12.9. The van der Waals surface area contributed by atoms with E-state index in [0.717, 1.165) is 16.7 Å². The number of nitrogens with one attached hydrogen (secondary N) is 2. The Morgan fingerprint density at radius 2 is 2.09 bits per heavy atom. The second-order valence-electron chi connectivity index (χ2n) is 5.51. The second-order valence-corrected chi connectivity index (χ2v) is 5.51. The Kier molecular flexibility index (Phi) is 5.14. The molecular weight excluding hydrogens is 282 g/mol. The lowest BCUT2D eigenvalue weighted by Crippen LogP contribution is -2.34. The number of benzene rings is 1. The predicted octanol–water partition coefficient (Wildman–Crippen LogP) is 0.904. The van der Waals surface area contributed by atoms with Crippen LogP contribution in [0.25, 0.3) is 0 Å².